The van der Waals surface area contributed by atoms with Crippen LogP contribution in [-0.2, 0) is 5.75 Å². The summed E-state index contributed by atoms with van der Waals surface area (Å²) in [6.07, 6.45) is 1.16. The minimum absolute atomic E-state index is 0.131. The molecule has 2 heteroatoms. The van der Waals surface area contributed by atoms with Crippen molar-refractivity contribution < 1.29 is 4.79 Å². The van der Waals surface area contributed by atoms with Crippen LogP contribution in [0.3, 0.4) is 0 Å². The molecule has 0 bridgehead atoms. The lowest BCUT2D eigenvalue weighted by Crippen LogP contribution is -1.95. The molecule has 0 amide bonds. The molecule has 0 aliphatic heterocycles. The molecule has 110 valence electrons. The highest BCUT2D eigenvalue weighted by molar-refractivity contribution is 7.98. The maximum Gasteiger partial charge on any atom is 0.160 e. The van der Waals surface area contributed by atoms with Crippen LogP contribution in [-0.4, -0.2) is 5.78 Å². The molecule has 0 aliphatic carbocycles. The van der Waals surface area contributed by atoms with Crippen molar-refractivity contribution in [1.82, 2.24) is 0 Å². The third-order valence-electron chi connectivity index (χ3n) is 3.79. The van der Waals surface area contributed by atoms with Crippen LogP contribution in [0.4, 0.5) is 0 Å². The van der Waals surface area contributed by atoms with Crippen LogP contribution in [0.15, 0.2) is 53.4 Å². The Kier molecular flexibility index (Phi) is 5.63. The monoisotopic (exact) mass is 298 g/mol. The van der Waals surface area contributed by atoms with Gasteiger partial charge >= 0.3 is 0 Å². The highest BCUT2D eigenvalue weighted by Gasteiger charge is 2.08. The summed E-state index contributed by atoms with van der Waals surface area (Å²) in [7, 11) is 0. The third-order valence-corrected chi connectivity index (χ3v) is 4.94. The van der Waals surface area contributed by atoms with E-state index in [0.717, 1.165) is 22.6 Å². The molecule has 0 aromatic heterocycles. The van der Waals surface area contributed by atoms with E-state index in [1.165, 1.54) is 11.1 Å². The molecule has 0 fully saturated rings. The molecule has 0 radical (unpaired) electrons. The molecule has 21 heavy (non-hydrogen) atoms. The van der Waals surface area contributed by atoms with Crippen LogP contribution in [0.1, 0.15) is 54.6 Å². The quantitative estimate of drug-likeness (QED) is 0.503. The smallest absolute Gasteiger partial charge is 0.160 e. The fourth-order valence-electron chi connectivity index (χ4n) is 2.27. The Bertz CT molecular complexity index is 618. The summed E-state index contributed by atoms with van der Waals surface area (Å²) in [4.78, 5) is 12.7. The number of ketones is 1. The van der Waals surface area contributed by atoms with Gasteiger partial charge in [0.25, 0.3) is 0 Å². The number of hydrogen-bond donors (Lipinski definition) is 0. The molecule has 1 unspecified atom stereocenters. The second-order valence-corrected chi connectivity index (χ2v) is 6.41. The summed E-state index contributed by atoms with van der Waals surface area (Å²) in [5, 5.41) is 0. The van der Waals surface area contributed by atoms with E-state index in [4.69, 9.17) is 0 Å². The van der Waals surface area contributed by atoms with E-state index in [2.05, 4.69) is 38.1 Å². The topological polar surface area (TPSA) is 17.1 Å². The van der Waals surface area contributed by atoms with Gasteiger partial charge in [0.05, 0.1) is 0 Å². The first kappa shape index (κ1) is 15.8. The van der Waals surface area contributed by atoms with Crippen molar-refractivity contribution in [3.8, 4) is 0 Å². The highest BCUT2D eigenvalue weighted by Crippen LogP contribution is 2.28. The van der Waals surface area contributed by atoms with Crippen molar-refractivity contribution >= 4 is 17.5 Å². The van der Waals surface area contributed by atoms with E-state index in [9.17, 15) is 4.79 Å². The fourth-order valence-corrected chi connectivity index (χ4v) is 3.31. The average Bonchev–Trinajstić information content (AvgIpc) is 2.52. The van der Waals surface area contributed by atoms with E-state index < -0.39 is 0 Å². The van der Waals surface area contributed by atoms with Crippen LogP contribution in [0.5, 0.6) is 0 Å². The predicted octanol–water partition coefficient (Wildman–Crippen LogP) is 5.70. The second-order valence-electron chi connectivity index (χ2n) is 5.40. The maximum atomic E-state index is 11.6. The number of carbonyl (C=O) groups is 1. The number of thioether (sulfide) groups is 1. The molecule has 1 nitrogen and oxygen atoms in total. The van der Waals surface area contributed by atoms with Crippen LogP contribution in [0.25, 0.3) is 0 Å². The number of rotatable bonds is 6. The Balaban J connectivity index is 2.12. The second kappa shape index (κ2) is 7.46. The minimum Gasteiger partial charge on any atom is -0.294 e. The average molecular weight is 298 g/mol. The zero-order valence-corrected chi connectivity index (χ0v) is 13.7. The molecule has 2 aromatic carbocycles. The number of benzene rings is 2. The van der Waals surface area contributed by atoms with Gasteiger partial charge < -0.3 is 0 Å². The summed E-state index contributed by atoms with van der Waals surface area (Å²) in [6.45, 7) is 6.11. The Morgan fingerprint density at radius 3 is 2.62 bits per heavy atom. The van der Waals surface area contributed by atoms with Gasteiger partial charge in [-0.15, -0.1) is 11.8 Å². The van der Waals surface area contributed by atoms with Gasteiger partial charge in [-0.3, -0.25) is 4.79 Å². The van der Waals surface area contributed by atoms with E-state index in [1.54, 1.807) is 18.7 Å². The van der Waals surface area contributed by atoms with E-state index in [0.29, 0.717) is 5.92 Å². The summed E-state index contributed by atoms with van der Waals surface area (Å²) in [5.41, 5.74) is 3.53. The Morgan fingerprint density at radius 1 is 1.14 bits per heavy atom. The molecular weight excluding hydrogens is 276 g/mol. The van der Waals surface area contributed by atoms with Crippen LogP contribution < -0.4 is 0 Å². The van der Waals surface area contributed by atoms with Gasteiger partial charge in [-0.25, -0.2) is 0 Å². The van der Waals surface area contributed by atoms with Gasteiger partial charge in [0, 0.05) is 16.2 Å². The molecular formula is C19H22OS. The number of hydrogen-bond acceptors (Lipinski definition) is 2. The first-order valence-electron chi connectivity index (χ1n) is 7.43. The summed E-state index contributed by atoms with van der Waals surface area (Å²) in [5.74, 6) is 1.63. The van der Waals surface area contributed by atoms with Crippen LogP contribution in [0.2, 0.25) is 0 Å². The molecule has 2 aromatic rings. The zero-order chi connectivity index (χ0) is 15.2. The van der Waals surface area contributed by atoms with Crippen molar-refractivity contribution in [2.45, 2.75) is 43.8 Å². The molecule has 0 aliphatic rings. The van der Waals surface area contributed by atoms with Crippen molar-refractivity contribution in [2.75, 3.05) is 0 Å². The van der Waals surface area contributed by atoms with Crippen molar-refractivity contribution in [3.63, 3.8) is 0 Å². The minimum atomic E-state index is 0.131. The predicted molar refractivity (Wildman–Crippen MR) is 91.2 cm³/mol. The van der Waals surface area contributed by atoms with Crippen molar-refractivity contribution in [1.29, 1.82) is 0 Å². The number of carbonyl (C=O) groups excluding carboxylic acids is 1. The van der Waals surface area contributed by atoms with Gasteiger partial charge in [-0.05, 0) is 36.5 Å². The van der Waals surface area contributed by atoms with Gasteiger partial charge in [0.2, 0.25) is 0 Å². The summed E-state index contributed by atoms with van der Waals surface area (Å²) >= 11 is 1.74. The van der Waals surface area contributed by atoms with Crippen molar-refractivity contribution in [2.24, 2.45) is 0 Å². The Morgan fingerprint density at radius 2 is 1.90 bits per heavy atom. The Labute approximate surface area is 131 Å². The lowest BCUT2D eigenvalue weighted by atomic mass is 9.97. The van der Waals surface area contributed by atoms with E-state index in [-0.39, 0.29) is 5.78 Å². The molecule has 2 rings (SSSR count). The standard InChI is InChI=1S/C19H22OS/c1-4-14(2)17-9-7-8-16(12-17)13-21-19-11-6-5-10-18(19)15(3)20/h5-12,14H,4,13H2,1-3H3. The zero-order valence-electron chi connectivity index (χ0n) is 12.9. The molecule has 1 atom stereocenters. The third kappa shape index (κ3) is 4.21. The summed E-state index contributed by atoms with van der Waals surface area (Å²) in [6, 6.07) is 16.6. The normalized spacial score (nSPS) is 12.1. The SMILES string of the molecule is CCC(C)c1cccc(CSc2ccccc2C(C)=O)c1. The molecule has 0 spiro atoms. The van der Waals surface area contributed by atoms with E-state index >= 15 is 0 Å². The maximum absolute atomic E-state index is 11.6. The van der Waals surface area contributed by atoms with Gasteiger partial charge in [0.15, 0.2) is 5.78 Å². The largest absolute Gasteiger partial charge is 0.294 e. The first-order chi connectivity index (χ1) is 10.1. The lowest BCUT2D eigenvalue weighted by Gasteiger charge is -2.11. The fraction of sp³-hybridized carbons (Fsp3) is 0.316. The Hall–Kier alpha value is -1.54. The highest BCUT2D eigenvalue weighted by atomic mass is 32.2. The van der Waals surface area contributed by atoms with E-state index in [1.807, 2.05) is 24.3 Å². The first-order valence-corrected chi connectivity index (χ1v) is 8.42. The molecule has 0 heterocycles. The molecule has 0 saturated carbocycles. The van der Waals surface area contributed by atoms with Crippen LogP contribution >= 0.6 is 11.8 Å². The molecule has 0 N–H and O–H groups in total. The van der Waals surface area contributed by atoms with Crippen LogP contribution in [0, 0.1) is 0 Å². The summed E-state index contributed by atoms with van der Waals surface area (Å²) < 4.78 is 0. The van der Waals surface area contributed by atoms with Crippen molar-refractivity contribution in [3.05, 3.63) is 65.2 Å². The lowest BCUT2D eigenvalue weighted by molar-refractivity contribution is 0.101. The van der Waals surface area contributed by atoms with Gasteiger partial charge in [-0.1, -0.05) is 56.3 Å². The number of Topliss-reactive ketones (excluding diaryl/α,β-unsaturated/α-hetero) is 1. The van der Waals surface area contributed by atoms with Gasteiger partial charge in [-0.2, -0.15) is 0 Å². The molecule has 0 saturated heterocycles. The van der Waals surface area contributed by atoms with Gasteiger partial charge in [0.1, 0.15) is 0 Å².